The van der Waals surface area contributed by atoms with Crippen LogP contribution in [0.5, 0.6) is 0 Å². The van der Waals surface area contributed by atoms with Crippen molar-refractivity contribution in [2.45, 2.75) is 9.92 Å². The quantitative estimate of drug-likeness (QED) is 0.659. The maximum atomic E-state index is 6.17. The van der Waals surface area contributed by atoms with E-state index in [9.17, 15) is 0 Å². The fraction of sp³-hybridized carbons (Fsp3) is 0. The van der Waals surface area contributed by atoms with Crippen molar-refractivity contribution in [3.8, 4) is 0 Å². The Morgan fingerprint density at radius 1 is 0.842 bits per heavy atom. The summed E-state index contributed by atoms with van der Waals surface area (Å²) in [6.45, 7) is 0. The van der Waals surface area contributed by atoms with E-state index in [0.717, 1.165) is 15.9 Å². The number of hydrogen-bond donors (Lipinski definition) is 0. The van der Waals surface area contributed by atoms with Crippen LogP contribution in [0.15, 0.2) is 58.5 Å². The monoisotopic (exact) mass is 306 g/mol. The molecule has 19 heavy (non-hydrogen) atoms. The van der Waals surface area contributed by atoms with Crippen LogP contribution in [0.4, 0.5) is 0 Å². The fourth-order valence-corrected chi connectivity index (χ4v) is 2.86. The van der Waals surface area contributed by atoms with Gasteiger partial charge in [0.25, 0.3) is 0 Å². The maximum absolute atomic E-state index is 6.17. The van der Waals surface area contributed by atoms with E-state index in [0.29, 0.717) is 15.2 Å². The Morgan fingerprint density at radius 2 is 1.63 bits per heavy atom. The van der Waals surface area contributed by atoms with E-state index < -0.39 is 0 Å². The van der Waals surface area contributed by atoms with Gasteiger partial charge in [0.2, 0.25) is 0 Å². The average molecular weight is 307 g/mol. The summed E-state index contributed by atoms with van der Waals surface area (Å²) in [6.07, 6.45) is 0. The van der Waals surface area contributed by atoms with Gasteiger partial charge in [0.1, 0.15) is 5.03 Å². The third-order valence-corrected chi connectivity index (χ3v) is 4.11. The summed E-state index contributed by atoms with van der Waals surface area (Å²) in [5, 5.41) is 1.73. The number of rotatable bonds is 2. The molecule has 94 valence electrons. The average Bonchev–Trinajstić information content (AvgIpc) is 2.41. The summed E-state index contributed by atoms with van der Waals surface area (Å²) in [6, 6.07) is 15.3. The van der Waals surface area contributed by atoms with Gasteiger partial charge in [0, 0.05) is 9.92 Å². The van der Waals surface area contributed by atoms with Crippen molar-refractivity contribution in [3.05, 3.63) is 58.7 Å². The highest BCUT2D eigenvalue weighted by atomic mass is 35.5. The number of aromatic nitrogens is 2. The van der Waals surface area contributed by atoms with Crippen molar-refractivity contribution in [1.82, 2.24) is 9.97 Å². The molecular weight excluding hydrogens is 299 g/mol. The molecule has 1 aromatic heterocycles. The van der Waals surface area contributed by atoms with Crippen LogP contribution < -0.4 is 0 Å². The van der Waals surface area contributed by atoms with Gasteiger partial charge >= 0.3 is 0 Å². The number of halogens is 2. The Labute approximate surface area is 124 Å². The van der Waals surface area contributed by atoms with Crippen LogP contribution in [-0.2, 0) is 0 Å². The van der Waals surface area contributed by atoms with Gasteiger partial charge < -0.3 is 0 Å². The first kappa shape index (κ1) is 12.7. The fourth-order valence-electron chi connectivity index (χ4n) is 1.65. The molecule has 0 saturated carbocycles. The molecule has 0 spiro atoms. The third kappa shape index (κ3) is 2.84. The van der Waals surface area contributed by atoms with Crippen molar-refractivity contribution in [1.29, 1.82) is 0 Å². The minimum absolute atomic E-state index is 0.406. The van der Waals surface area contributed by atoms with Crippen LogP contribution in [0.25, 0.3) is 11.0 Å². The van der Waals surface area contributed by atoms with E-state index in [1.165, 1.54) is 11.8 Å². The van der Waals surface area contributed by atoms with Crippen LogP contribution in [0.2, 0.25) is 10.2 Å². The molecule has 3 aromatic rings. The van der Waals surface area contributed by atoms with Crippen molar-refractivity contribution < 1.29 is 0 Å². The second-order valence-corrected chi connectivity index (χ2v) is 5.72. The first-order valence-electron chi connectivity index (χ1n) is 5.58. The second kappa shape index (κ2) is 5.37. The van der Waals surface area contributed by atoms with Crippen LogP contribution >= 0.6 is 35.0 Å². The van der Waals surface area contributed by atoms with E-state index >= 15 is 0 Å². The van der Waals surface area contributed by atoms with E-state index in [2.05, 4.69) is 9.97 Å². The summed E-state index contributed by atoms with van der Waals surface area (Å²) in [7, 11) is 0. The molecule has 0 unspecified atom stereocenters. The molecule has 2 aromatic carbocycles. The van der Waals surface area contributed by atoms with Gasteiger partial charge in [-0.15, -0.1) is 0 Å². The lowest BCUT2D eigenvalue weighted by Crippen LogP contribution is -1.89. The molecule has 0 atom stereocenters. The molecule has 0 N–H and O–H groups in total. The van der Waals surface area contributed by atoms with Gasteiger partial charge in [-0.2, -0.15) is 0 Å². The van der Waals surface area contributed by atoms with Crippen LogP contribution in [0.3, 0.4) is 0 Å². The highest BCUT2D eigenvalue weighted by Crippen LogP contribution is 2.32. The first-order chi connectivity index (χ1) is 9.22. The molecule has 3 rings (SSSR count). The standard InChI is InChI=1S/C14H8Cl2N2S/c15-9-6-7-11-12(8-9)18-14(13(16)17-11)19-10-4-2-1-3-5-10/h1-8H. The molecule has 0 aliphatic rings. The molecule has 5 heteroatoms. The van der Waals surface area contributed by atoms with Gasteiger partial charge in [-0.05, 0) is 30.3 Å². The third-order valence-electron chi connectivity index (χ3n) is 2.51. The lowest BCUT2D eigenvalue weighted by Gasteiger charge is -2.05. The van der Waals surface area contributed by atoms with E-state index in [-0.39, 0.29) is 0 Å². The number of benzene rings is 2. The Morgan fingerprint density at radius 3 is 2.42 bits per heavy atom. The molecular formula is C14H8Cl2N2S. The summed E-state index contributed by atoms with van der Waals surface area (Å²) >= 11 is 13.6. The first-order valence-corrected chi connectivity index (χ1v) is 7.15. The van der Waals surface area contributed by atoms with Crippen molar-refractivity contribution >= 4 is 46.0 Å². The Hall–Kier alpha value is -1.29. The molecule has 0 aliphatic carbocycles. The van der Waals surface area contributed by atoms with Gasteiger partial charge in [-0.25, -0.2) is 9.97 Å². The summed E-state index contributed by atoms with van der Waals surface area (Å²) < 4.78 is 0. The van der Waals surface area contributed by atoms with E-state index in [1.807, 2.05) is 36.4 Å². The lowest BCUT2D eigenvalue weighted by atomic mass is 10.3. The Balaban J connectivity index is 2.06. The zero-order valence-electron chi connectivity index (χ0n) is 9.68. The number of fused-ring (bicyclic) bond motifs is 1. The van der Waals surface area contributed by atoms with Crippen LogP contribution in [0, 0.1) is 0 Å². The van der Waals surface area contributed by atoms with Gasteiger partial charge in [0.05, 0.1) is 11.0 Å². The Bertz CT molecular complexity index is 732. The minimum atomic E-state index is 0.406. The topological polar surface area (TPSA) is 25.8 Å². The van der Waals surface area contributed by atoms with Crippen molar-refractivity contribution in [2.24, 2.45) is 0 Å². The molecule has 0 aliphatic heterocycles. The smallest absolute Gasteiger partial charge is 0.162 e. The zero-order chi connectivity index (χ0) is 13.2. The molecule has 0 bridgehead atoms. The SMILES string of the molecule is Clc1ccc2nc(Cl)c(Sc3ccccc3)nc2c1. The zero-order valence-corrected chi connectivity index (χ0v) is 12.0. The van der Waals surface area contributed by atoms with Crippen LogP contribution in [-0.4, -0.2) is 9.97 Å². The predicted molar refractivity (Wildman–Crippen MR) is 80.1 cm³/mol. The largest absolute Gasteiger partial charge is 0.236 e. The van der Waals surface area contributed by atoms with E-state index in [1.54, 1.807) is 12.1 Å². The number of nitrogens with zero attached hydrogens (tertiary/aromatic N) is 2. The molecule has 0 amide bonds. The van der Waals surface area contributed by atoms with Gasteiger partial charge in [-0.1, -0.05) is 53.2 Å². The van der Waals surface area contributed by atoms with Crippen molar-refractivity contribution in [3.63, 3.8) is 0 Å². The minimum Gasteiger partial charge on any atom is -0.236 e. The molecule has 1 heterocycles. The summed E-state index contributed by atoms with van der Waals surface area (Å²) in [5.41, 5.74) is 1.49. The van der Waals surface area contributed by atoms with Gasteiger partial charge in [0.15, 0.2) is 5.15 Å². The Kier molecular flexibility index (Phi) is 3.60. The highest BCUT2D eigenvalue weighted by Gasteiger charge is 2.08. The van der Waals surface area contributed by atoms with Gasteiger partial charge in [-0.3, -0.25) is 0 Å². The maximum Gasteiger partial charge on any atom is 0.162 e. The predicted octanol–water partition coefficient (Wildman–Crippen LogP) is 5.09. The second-order valence-electron chi connectivity index (χ2n) is 3.87. The summed E-state index contributed by atoms with van der Waals surface area (Å²) in [5.74, 6) is 0. The summed E-state index contributed by atoms with van der Waals surface area (Å²) in [4.78, 5) is 9.92. The molecule has 0 radical (unpaired) electrons. The number of hydrogen-bond acceptors (Lipinski definition) is 3. The molecule has 0 fully saturated rings. The van der Waals surface area contributed by atoms with Crippen molar-refractivity contribution in [2.75, 3.05) is 0 Å². The normalized spacial score (nSPS) is 10.8. The molecule has 2 nitrogen and oxygen atoms in total. The lowest BCUT2D eigenvalue weighted by molar-refractivity contribution is 1.12. The van der Waals surface area contributed by atoms with Crippen LogP contribution in [0.1, 0.15) is 0 Å². The molecule has 0 saturated heterocycles. The van der Waals surface area contributed by atoms with E-state index in [4.69, 9.17) is 23.2 Å². The highest BCUT2D eigenvalue weighted by molar-refractivity contribution is 7.99.